The van der Waals surface area contributed by atoms with Gasteiger partial charge in [-0.2, -0.15) is 0 Å². The van der Waals surface area contributed by atoms with E-state index < -0.39 is 24.0 Å². The van der Waals surface area contributed by atoms with E-state index >= 15 is 0 Å². The zero-order valence-corrected chi connectivity index (χ0v) is 12.3. The summed E-state index contributed by atoms with van der Waals surface area (Å²) in [7, 11) is 0. The van der Waals surface area contributed by atoms with E-state index in [2.05, 4.69) is 4.74 Å². The zero-order chi connectivity index (χ0) is 17.0. The number of rotatable bonds is 5. The lowest BCUT2D eigenvalue weighted by Gasteiger charge is -2.15. The minimum Gasteiger partial charge on any atom is -0.481 e. The maximum Gasteiger partial charge on any atom is 0.573 e. The van der Waals surface area contributed by atoms with Crippen LogP contribution in [-0.4, -0.2) is 17.4 Å². The van der Waals surface area contributed by atoms with Crippen molar-refractivity contribution in [3.05, 3.63) is 65.2 Å². The highest BCUT2D eigenvalue weighted by Crippen LogP contribution is 2.28. The van der Waals surface area contributed by atoms with Crippen molar-refractivity contribution in [1.29, 1.82) is 0 Å². The quantitative estimate of drug-likeness (QED) is 0.892. The van der Waals surface area contributed by atoms with E-state index in [9.17, 15) is 23.1 Å². The number of carboxylic acids is 1. The summed E-state index contributed by atoms with van der Waals surface area (Å²) >= 11 is 0. The molecule has 0 aliphatic heterocycles. The highest BCUT2D eigenvalue weighted by molar-refractivity contribution is 5.76. The summed E-state index contributed by atoms with van der Waals surface area (Å²) in [6, 6.07) is 12.4. The number of benzene rings is 2. The number of hydrogen-bond donors (Lipinski definition) is 1. The molecule has 0 saturated heterocycles. The smallest absolute Gasteiger partial charge is 0.481 e. The Balaban J connectivity index is 2.25. The summed E-state index contributed by atoms with van der Waals surface area (Å²) in [5.74, 6) is -2.48. The van der Waals surface area contributed by atoms with Crippen molar-refractivity contribution in [3.63, 3.8) is 0 Å². The Hall–Kier alpha value is -2.50. The highest BCUT2D eigenvalue weighted by atomic mass is 19.4. The number of aryl methyl sites for hydroxylation is 1. The molecule has 0 aliphatic rings. The maximum absolute atomic E-state index is 12.3. The third-order valence-corrected chi connectivity index (χ3v) is 3.35. The number of ether oxygens (including phenoxy) is 1. The molecule has 0 fully saturated rings. The zero-order valence-electron chi connectivity index (χ0n) is 12.3. The Bertz CT molecular complexity index is 678. The van der Waals surface area contributed by atoms with E-state index in [1.807, 2.05) is 19.1 Å². The second-order valence-electron chi connectivity index (χ2n) is 5.20. The first-order valence-electron chi connectivity index (χ1n) is 6.88. The number of halogens is 3. The molecule has 0 saturated carbocycles. The third kappa shape index (κ3) is 5.02. The van der Waals surface area contributed by atoms with Gasteiger partial charge in [0.1, 0.15) is 5.75 Å². The van der Waals surface area contributed by atoms with E-state index in [-0.39, 0.29) is 12.0 Å². The normalized spacial score (nSPS) is 12.7. The first kappa shape index (κ1) is 16.9. The summed E-state index contributed by atoms with van der Waals surface area (Å²) < 4.78 is 40.7. The lowest BCUT2D eigenvalue weighted by atomic mass is 9.91. The van der Waals surface area contributed by atoms with Crippen molar-refractivity contribution < 1.29 is 27.8 Å². The summed E-state index contributed by atoms with van der Waals surface area (Å²) in [4.78, 5) is 11.5. The molecule has 0 aromatic heterocycles. The second-order valence-corrected chi connectivity index (χ2v) is 5.20. The Kier molecular flexibility index (Phi) is 4.93. The minimum absolute atomic E-state index is 0.186. The van der Waals surface area contributed by atoms with Gasteiger partial charge in [0.15, 0.2) is 0 Å². The van der Waals surface area contributed by atoms with Crippen LogP contribution in [0.25, 0.3) is 0 Å². The van der Waals surface area contributed by atoms with Crippen LogP contribution in [0.2, 0.25) is 0 Å². The van der Waals surface area contributed by atoms with E-state index in [4.69, 9.17) is 0 Å². The van der Waals surface area contributed by atoms with Gasteiger partial charge in [0, 0.05) is 0 Å². The molecule has 6 heteroatoms. The Morgan fingerprint density at radius 1 is 1.17 bits per heavy atom. The maximum atomic E-state index is 12.3. The molecular weight excluding hydrogens is 309 g/mol. The van der Waals surface area contributed by atoms with Gasteiger partial charge in [0.05, 0.1) is 5.92 Å². The number of aliphatic carboxylic acids is 1. The molecule has 1 unspecified atom stereocenters. The molecule has 2 aromatic rings. The minimum atomic E-state index is -4.81. The van der Waals surface area contributed by atoms with Gasteiger partial charge >= 0.3 is 12.3 Å². The third-order valence-electron chi connectivity index (χ3n) is 3.35. The second kappa shape index (κ2) is 6.73. The highest BCUT2D eigenvalue weighted by Gasteiger charge is 2.31. The van der Waals surface area contributed by atoms with Crippen molar-refractivity contribution in [1.82, 2.24) is 0 Å². The monoisotopic (exact) mass is 324 g/mol. The Labute approximate surface area is 131 Å². The number of hydrogen-bond acceptors (Lipinski definition) is 2. The molecule has 1 atom stereocenters. The fraction of sp³-hybridized carbons (Fsp3) is 0.235. The first-order valence-corrected chi connectivity index (χ1v) is 6.88. The molecule has 1 N–H and O–H groups in total. The summed E-state index contributed by atoms with van der Waals surface area (Å²) in [6.45, 7) is 1.91. The predicted octanol–water partition coefficient (Wildman–Crippen LogP) is 4.30. The molecule has 0 heterocycles. The summed E-state index contributed by atoms with van der Waals surface area (Å²) in [5, 5.41) is 9.40. The first-order chi connectivity index (χ1) is 10.7. The molecule has 3 nitrogen and oxygen atoms in total. The topological polar surface area (TPSA) is 46.5 Å². The largest absolute Gasteiger partial charge is 0.573 e. The lowest BCUT2D eigenvalue weighted by molar-refractivity contribution is -0.274. The van der Waals surface area contributed by atoms with Crippen LogP contribution in [0.1, 0.15) is 22.6 Å². The number of carbonyl (C=O) groups is 1. The molecule has 2 rings (SSSR count). The molecule has 2 aromatic carbocycles. The van der Waals surface area contributed by atoms with Gasteiger partial charge in [-0.05, 0) is 36.6 Å². The van der Waals surface area contributed by atoms with Crippen LogP contribution >= 0.6 is 0 Å². The Morgan fingerprint density at radius 2 is 1.83 bits per heavy atom. The molecule has 0 bridgehead atoms. The van der Waals surface area contributed by atoms with Crippen LogP contribution in [0.4, 0.5) is 13.2 Å². The number of carboxylic acid groups (broad SMARTS) is 1. The van der Waals surface area contributed by atoms with Crippen LogP contribution in [0, 0.1) is 6.92 Å². The van der Waals surface area contributed by atoms with Crippen LogP contribution < -0.4 is 4.74 Å². The number of alkyl halides is 3. The van der Waals surface area contributed by atoms with Crippen molar-refractivity contribution in [3.8, 4) is 5.75 Å². The molecule has 23 heavy (non-hydrogen) atoms. The molecule has 122 valence electrons. The van der Waals surface area contributed by atoms with Gasteiger partial charge in [0.2, 0.25) is 0 Å². The standard InChI is InChI=1S/C17H15F3O3/c1-11-5-7-12(8-6-11)9-15(16(21)22)13-3-2-4-14(10-13)23-17(18,19)20/h2-8,10,15H,9H2,1H3,(H,21,22). The van der Waals surface area contributed by atoms with Crippen molar-refractivity contribution >= 4 is 5.97 Å². The fourth-order valence-electron chi connectivity index (χ4n) is 2.24. The van der Waals surface area contributed by atoms with E-state index in [0.29, 0.717) is 0 Å². The van der Waals surface area contributed by atoms with Crippen molar-refractivity contribution in [2.75, 3.05) is 0 Å². The van der Waals surface area contributed by atoms with E-state index in [1.54, 1.807) is 12.1 Å². The molecule has 0 radical (unpaired) electrons. The van der Waals surface area contributed by atoms with Gasteiger partial charge in [-0.1, -0.05) is 42.0 Å². The molecular formula is C17H15F3O3. The van der Waals surface area contributed by atoms with Crippen LogP contribution in [0.15, 0.2) is 48.5 Å². The summed E-state index contributed by atoms with van der Waals surface area (Å²) in [6.07, 6.45) is -4.63. The molecule has 0 amide bonds. The van der Waals surface area contributed by atoms with Crippen LogP contribution in [-0.2, 0) is 11.2 Å². The van der Waals surface area contributed by atoms with Crippen molar-refractivity contribution in [2.45, 2.75) is 25.6 Å². The van der Waals surface area contributed by atoms with E-state index in [0.717, 1.165) is 23.3 Å². The molecule has 0 aliphatic carbocycles. The average Bonchev–Trinajstić information content (AvgIpc) is 2.44. The predicted molar refractivity (Wildman–Crippen MR) is 78.4 cm³/mol. The van der Waals surface area contributed by atoms with Gasteiger partial charge in [-0.15, -0.1) is 13.2 Å². The van der Waals surface area contributed by atoms with Gasteiger partial charge in [-0.25, -0.2) is 0 Å². The van der Waals surface area contributed by atoms with Crippen LogP contribution in [0.3, 0.4) is 0 Å². The van der Waals surface area contributed by atoms with E-state index in [1.165, 1.54) is 12.1 Å². The average molecular weight is 324 g/mol. The Morgan fingerprint density at radius 3 is 2.39 bits per heavy atom. The fourth-order valence-corrected chi connectivity index (χ4v) is 2.24. The summed E-state index contributed by atoms with van der Waals surface area (Å²) in [5.41, 5.74) is 2.10. The molecule has 0 spiro atoms. The van der Waals surface area contributed by atoms with Crippen LogP contribution in [0.5, 0.6) is 5.75 Å². The SMILES string of the molecule is Cc1ccc(CC(C(=O)O)c2cccc(OC(F)(F)F)c2)cc1. The van der Waals surface area contributed by atoms with Crippen molar-refractivity contribution in [2.24, 2.45) is 0 Å². The van der Waals surface area contributed by atoms with Gasteiger partial charge in [-0.3, -0.25) is 4.79 Å². The van der Waals surface area contributed by atoms with Gasteiger partial charge in [0.25, 0.3) is 0 Å². The lowest BCUT2D eigenvalue weighted by Crippen LogP contribution is -2.18. The van der Waals surface area contributed by atoms with Gasteiger partial charge < -0.3 is 9.84 Å².